The molecule has 0 fully saturated rings. The molecule has 0 radical (unpaired) electrons. The highest BCUT2D eigenvalue weighted by Crippen LogP contribution is 2.17. The largest absolute Gasteiger partial charge is 0.448 e. The Bertz CT molecular complexity index is 778. The molecule has 9 N–H and O–H groups in total. The quantitative estimate of drug-likeness (QED) is 0.139. The first-order valence-electron chi connectivity index (χ1n) is 12.6. The number of anilines is 1. The van der Waals surface area contributed by atoms with Gasteiger partial charge in [0, 0.05) is 25.3 Å². The van der Waals surface area contributed by atoms with Crippen LogP contribution in [0.15, 0.2) is 18.2 Å². The smallest absolute Gasteiger partial charge is 0.407 e. The number of benzene rings is 1. The monoisotopic (exact) mass is 525 g/mol. The second kappa shape index (κ2) is 24.5. The van der Waals surface area contributed by atoms with E-state index in [1.165, 1.54) is 17.5 Å². The summed E-state index contributed by atoms with van der Waals surface area (Å²) in [5, 5.41) is 13.8. The molecule has 1 rings (SSSR count). The van der Waals surface area contributed by atoms with Crippen molar-refractivity contribution in [3.63, 3.8) is 0 Å². The summed E-state index contributed by atoms with van der Waals surface area (Å²) >= 11 is 0. The Morgan fingerprint density at radius 1 is 1.08 bits per heavy atom. The van der Waals surface area contributed by atoms with Gasteiger partial charge in [0.15, 0.2) is 0 Å². The van der Waals surface area contributed by atoms with Crippen molar-refractivity contribution >= 4 is 30.0 Å². The van der Waals surface area contributed by atoms with E-state index in [-0.39, 0.29) is 31.6 Å². The van der Waals surface area contributed by atoms with E-state index in [2.05, 4.69) is 52.1 Å². The average Bonchev–Trinajstić information content (AvgIpc) is 2.87. The van der Waals surface area contributed by atoms with Crippen LogP contribution in [0.2, 0.25) is 0 Å². The predicted molar refractivity (Wildman–Crippen MR) is 147 cm³/mol. The zero-order valence-corrected chi connectivity index (χ0v) is 22.9. The van der Waals surface area contributed by atoms with Crippen molar-refractivity contribution in [3.05, 3.63) is 29.3 Å². The molecule has 1 aromatic rings. The maximum atomic E-state index is 12.4. The number of alkyl carbamates (subject to hydrolysis) is 1. The zero-order valence-electron chi connectivity index (χ0n) is 22.9. The number of aldehydes is 1. The Kier molecular flexibility index (Phi) is 23.8. The summed E-state index contributed by atoms with van der Waals surface area (Å²) in [6, 6.07) is 5.12. The van der Waals surface area contributed by atoms with Gasteiger partial charge in [-0.3, -0.25) is 4.79 Å². The molecule has 212 valence electrons. The first kappa shape index (κ1) is 35.9. The van der Waals surface area contributed by atoms with Crippen molar-refractivity contribution in [3.8, 4) is 0 Å². The number of primary amides is 1. The molecule has 0 aliphatic heterocycles. The molecule has 12 heteroatoms. The molecule has 1 aromatic carbocycles. The average molecular weight is 526 g/mol. The maximum absolute atomic E-state index is 12.4. The summed E-state index contributed by atoms with van der Waals surface area (Å²) in [5.74, 6) is -0.0868. The molecule has 1 unspecified atom stereocenters. The van der Waals surface area contributed by atoms with Gasteiger partial charge in [-0.1, -0.05) is 33.3 Å². The molecule has 0 saturated carbocycles. The molecule has 0 aliphatic rings. The van der Waals surface area contributed by atoms with Crippen LogP contribution in [0.5, 0.6) is 0 Å². The fraction of sp³-hybridized carbons (Fsp3) is 0.600. The number of amides is 4. The van der Waals surface area contributed by atoms with Crippen molar-refractivity contribution < 1.29 is 23.9 Å². The Hall–Kier alpha value is -3.22. The first-order chi connectivity index (χ1) is 17.7. The fourth-order valence-electron chi connectivity index (χ4n) is 2.88. The van der Waals surface area contributed by atoms with E-state index in [0.29, 0.717) is 25.7 Å². The Morgan fingerprint density at radius 2 is 1.76 bits per heavy atom. The van der Waals surface area contributed by atoms with Crippen molar-refractivity contribution in [1.82, 2.24) is 21.3 Å². The molecule has 1 atom stereocenters. The topological polar surface area (TPSA) is 190 Å². The van der Waals surface area contributed by atoms with Gasteiger partial charge in [-0.15, -0.1) is 0 Å². The van der Waals surface area contributed by atoms with E-state index in [4.69, 9.17) is 11.5 Å². The van der Waals surface area contributed by atoms with Crippen molar-refractivity contribution in [2.45, 2.75) is 59.0 Å². The molecule has 0 saturated heterocycles. The highest BCUT2D eigenvalue weighted by molar-refractivity contribution is 5.94. The van der Waals surface area contributed by atoms with Crippen LogP contribution in [-0.2, 0) is 27.3 Å². The van der Waals surface area contributed by atoms with E-state index >= 15 is 0 Å². The first-order valence-corrected chi connectivity index (χ1v) is 12.6. The summed E-state index contributed by atoms with van der Waals surface area (Å²) in [6.45, 7) is 8.02. The lowest BCUT2D eigenvalue weighted by Gasteiger charge is -2.17. The van der Waals surface area contributed by atoms with Crippen LogP contribution in [0, 0.1) is 0 Å². The third kappa shape index (κ3) is 19.6. The third-order valence-electron chi connectivity index (χ3n) is 4.54. The number of ether oxygens (including phenoxy) is 1. The fourth-order valence-corrected chi connectivity index (χ4v) is 2.88. The molecular formula is C25H47N7O5. The van der Waals surface area contributed by atoms with Crippen LogP contribution in [0.3, 0.4) is 0 Å². The lowest BCUT2D eigenvalue weighted by molar-refractivity contribution is -0.118. The lowest BCUT2D eigenvalue weighted by atomic mass is 10.0. The predicted octanol–water partition coefficient (Wildman–Crippen LogP) is 1.23. The number of carbonyl (C=O) groups excluding carboxylic acids is 4. The second-order valence-corrected chi connectivity index (χ2v) is 7.81. The molecule has 0 spiro atoms. The molecule has 37 heavy (non-hydrogen) atoms. The van der Waals surface area contributed by atoms with Crippen LogP contribution >= 0.6 is 0 Å². The maximum Gasteiger partial charge on any atom is 0.407 e. The van der Waals surface area contributed by atoms with Gasteiger partial charge in [0.05, 0.1) is 12.6 Å². The minimum Gasteiger partial charge on any atom is -0.448 e. The Morgan fingerprint density at radius 3 is 2.27 bits per heavy atom. The number of rotatable bonds is 14. The van der Waals surface area contributed by atoms with Crippen molar-refractivity contribution in [2.75, 3.05) is 45.7 Å². The van der Waals surface area contributed by atoms with Gasteiger partial charge in [0.1, 0.15) is 12.9 Å². The highest BCUT2D eigenvalue weighted by atomic mass is 16.5. The standard InChI is InChI=1S/C17H29N5O2.C5H10N2O3.C3H8/c1-4-12-7-8-14(10-13(12)11-19-2)22-16(23)15(20-3)6-5-9-21-17(18)24;6-1-4-10-5(9)7-2-3-8;1-3-2/h7-8,10,15,19-20H,4-6,9,11H2,1-3H3,(H,22,23)(H3,18,21,24);3H,1-2,4,6H2,(H,7,9);3H2,1-2H3. The Labute approximate surface area is 221 Å². The number of hydrogen-bond donors (Lipinski definition) is 7. The summed E-state index contributed by atoms with van der Waals surface area (Å²) in [4.78, 5) is 43.1. The Balaban J connectivity index is 0. The molecular weight excluding hydrogens is 478 g/mol. The molecule has 12 nitrogen and oxygen atoms in total. The molecule has 0 aliphatic carbocycles. The highest BCUT2D eigenvalue weighted by Gasteiger charge is 2.16. The number of hydrogen-bond acceptors (Lipinski definition) is 8. The SMILES string of the molecule is CCC.CCc1ccc(NC(=O)C(CCCNC(N)=O)NC)cc1CNC.NCCOC(=O)NCC=O. The second-order valence-electron chi connectivity index (χ2n) is 7.81. The minimum atomic E-state index is -0.613. The number of nitrogens with one attached hydrogen (secondary N) is 5. The number of urea groups is 1. The van der Waals surface area contributed by atoms with Crippen LogP contribution in [0.1, 0.15) is 51.2 Å². The van der Waals surface area contributed by atoms with Gasteiger partial charge in [-0.25, -0.2) is 9.59 Å². The lowest BCUT2D eigenvalue weighted by Crippen LogP contribution is -2.39. The number of likely N-dealkylation sites (N-methyl/N-ethyl adjacent to an activating group) is 1. The van der Waals surface area contributed by atoms with E-state index < -0.39 is 12.1 Å². The van der Waals surface area contributed by atoms with Gasteiger partial charge in [-0.2, -0.15) is 0 Å². The number of carbonyl (C=O) groups is 4. The summed E-state index contributed by atoms with van der Waals surface area (Å²) < 4.78 is 4.46. The summed E-state index contributed by atoms with van der Waals surface area (Å²) in [6.07, 6.45) is 3.44. The van der Waals surface area contributed by atoms with Crippen LogP contribution in [-0.4, -0.2) is 70.7 Å². The van der Waals surface area contributed by atoms with E-state index in [1.54, 1.807) is 7.05 Å². The zero-order chi connectivity index (χ0) is 28.5. The number of nitrogens with two attached hydrogens (primary N) is 2. The third-order valence-corrected chi connectivity index (χ3v) is 4.54. The van der Waals surface area contributed by atoms with Crippen molar-refractivity contribution in [2.24, 2.45) is 11.5 Å². The van der Waals surface area contributed by atoms with Gasteiger partial charge < -0.3 is 47.6 Å². The molecule has 0 heterocycles. The van der Waals surface area contributed by atoms with Gasteiger partial charge in [0.2, 0.25) is 5.91 Å². The van der Waals surface area contributed by atoms with E-state index in [9.17, 15) is 19.2 Å². The number of aryl methyl sites for hydroxylation is 1. The van der Waals surface area contributed by atoms with Gasteiger partial charge in [-0.05, 0) is 56.6 Å². The summed E-state index contributed by atoms with van der Waals surface area (Å²) in [7, 11) is 3.65. The van der Waals surface area contributed by atoms with Crippen molar-refractivity contribution in [1.29, 1.82) is 0 Å². The molecule has 0 aromatic heterocycles. The van der Waals surface area contributed by atoms with Gasteiger partial charge in [0.25, 0.3) is 0 Å². The minimum absolute atomic E-state index is 0.0244. The molecule has 0 bridgehead atoms. The van der Waals surface area contributed by atoms with E-state index in [1.807, 2.05) is 25.2 Å². The summed E-state index contributed by atoms with van der Waals surface area (Å²) in [5.41, 5.74) is 13.3. The van der Waals surface area contributed by atoms with Gasteiger partial charge >= 0.3 is 12.1 Å². The van der Waals surface area contributed by atoms with Crippen LogP contribution < -0.4 is 38.1 Å². The normalized spacial score (nSPS) is 10.4. The van der Waals surface area contributed by atoms with Crippen LogP contribution in [0.25, 0.3) is 0 Å². The van der Waals surface area contributed by atoms with E-state index in [0.717, 1.165) is 18.7 Å². The molecule has 4 amide bonds. The van der Waals surface area contributed by atoms with Crippen LogP contribution in [0.4, 0.5) is 15.3 Å².